The van der Waals surface area contributed by atoms with Crippen LogP contribution in [0.4, 0.5) is 0 Å². The van der Waals surface area contributed by atoms with Crippen LogP contribution in [0.25, 0.3) is 0 Å². The molecule has 0 unspecified atom stereocenters. The average molecular weight is 266 g/mol. The number of sulfonamides is 1. The quantitative estimate of drug-likeness (QED) is 0.714. The zero-order valence-electron chi connectivity index (χ0n) is 5.86. The SMILES string of the molecule is NS(=O)(=O)c1ccc([As])c(Cl)c1. The van der Waals surface area contributed by atoms with E-state index in [2.05, 4.69) is 16.9 Å². The molecule has 0 aliphatic rings. The molecule has 0 heterocycles. The van der Waals surface area contributed by atoms with E-state index in [9.17, 15) is 8.42 Å². The zero-order chi connectivity index (χ0) is 9.35. The molecule has 0 saturated heterocycles. The van der Waals surface area contributed by atoms with Crippen LogP contribution in [0.15, 0.2) is 23.1 Å². The zero-order valence-corrected chi connectivity index (χ0v) is 9.31. The van der Waals surface area contributed by atoms with Crippen molar-refractivity contribution in [1.82, 2.24) is 0 Å². The summed E-state index contributed by atoms with van der Waals surface area (Å²) < 4.78 is 22.4. The molecule has 0 saturated carbocycles. The molecular weight excluding hydrogens is 261 g/mol. The normalized spacial score (nSPS) is 11.6. The molecule has 1 aromatic carbocycles. The molecule has 12 heavy (non-hydrogen) atoms. The first-order valence-electron chi connectivity index (χ1n) is 2.92. The Morgan fingerprint density at radius 2 is 2.00 bits per heavy atom. The fourth-order valence-corrected chi connectivity index (χ4v) is 1.74. The summed E-state index contributed by atoms with van der Waals surface area (Å²) in [5, 5.41) is 5.26. The predicted octanol–water partition coefficient (Wildman–Crippen LogP) is -0.219. The topological polar surface area (TPSA) is 60.2 Å². The second-order valence-corrected chi connectivity index (χ2v) is 5.14. The van der Waals surface area contributed by atoms with Crippen molar-refractivity contribution in [1.29, 1.82) is 0 Å². The van der Waals surface area contributed by atoms with Gasteiger partial charge in [0.2, 0.25) is 0 Å². The Balaban J connectivity index is 3.33. The van der Waals surface area contributed by atoms with Gasteiger partial charge in [-0.05, 0) is 0 Å². The van der Waals surface area contributed by atoms with Crippen LogP contribution in [0.2, 0.25) is 5.02 Å². The van der Waals surface area contributed by atoms with Gasteiger partial charge in [-0.3, -0.25) is 0 Å². The predicted molar refractivity (Wildman–Crippen MR) is 48.2 cm³/mol. The molecule has 3 nitrogen and oxygen atoms in total. The van der Waals surface area contributed by atoms with E-state index in [0.717, 1.165) is 4.35 Å². The molecule has 0 aliphatic carbocycles. The van der Waals surface area contributed by atoms with Crippen molar-refractivity contribution in [3.8, 4) is 0 Å². The molecule has 1 rings (SSSR count). The maximum atomic E-state index is 10.8. The average Bonchev–Trinajstić information content (AvgIpc) is 1.92. The van der Waals surface area contributed by atoms with Crippen molar-refractivity contribution in [2.24, 2.45) is 5.14 Å². The molecule has 0 atom stereocenters. The molecule has 0 amide bonds. The van der Waals surface area contributed by atoms with Crippen LogP contribution in [-0.2, 0) is 10.0 Å². The second kappa shape index (κ2) is 3.38. The molecule has 0 aromatic heterocycles. The number of benzene rings is 1. The van der Waals surface area contributed by atoms with Crippen LogP contribution in [0.1, 0.15) is 0 Å². The van der Waals surface area contributed by atoms with Crippen LogP contribution in [0.3, 0.4) is 0 Å². The minimum atomic E-state index is -3.63. The van der Waals surface area contributed by atoms with E-state index in [1.165, 1.54) is 12.1 Å². The van der Waals surface area contributed by atoms with Gasteiger partial charge >= 0.3 is 84.5 Å². The minimum absolute atomic E-state index is 0.0299. The summed E-state index contributed by atoms with van der Waals surface area (Å²) in [4.78, 5) is 0.0299. The van der Waals surface area contributed by atoms with E-state index in [4.69, 9.17) is 16.7 Å². The fraction of sp³-hybridized carbons (Fsp3) is 0. The molecule has 2 N–H and O–H groups in total. The molecule has 0 bridgehead atoms. The van der Waals surface area contributed by atoms with E-state index >= 15 is 0 Å². The van der Waals surface area contributed by atoms with Gasteiger partial charge in [0.05, 0.1) is 0 Å². The van der Waals surface area contributed by atoms with E-state index in [1.54, 1.807) is 6.07 Å². The molecule has 0 fully saturated rings. The fourth-order valence-electron chi connectivity index (χ4n) is 0.665. The third-order valence-electron chi connectivity index (χ3n) is 1.25. The van der Waals surface area contributed by atoms with E-state index in [0.29, 0.717) is 5.02 Å². The number of primary sulfonamides is 1. The van der Waals surface area contributed by atoms with Crippen molar-refractivity contribution in [3.05, 3.63) is 23.2 Å². The summed E-state index contributed by atoms with van der Waals surface area (Å²) in [6.07, 6.45) is 0. The summed E-state index contributed by atoms with van der Waals surface area (Å²) in [6.45, 7) is 0. The third-order valence-corrected chi connectivity index (χ3v) is 3.58. The van der Waals surface area contributed by atoms with Crippen molar-refractivity contribution in [2.75, 3.05) is 0 Å². The van der Waals surface area contributed by atoms with Crippen molar-refractivity contribution < 1.29 is 8.42 Å². The van der Waals surface area contributed by atoms with E-state index in [-0.39, 0.29) is 4.90 Å². The Morgan fingerprint density at radius 1 is 1.42 bits per heavy atom. The molecule has 0 spiro atoms. The Bertz CT molecular complexity index is 404. The molecule has 64 valence electrons. The standard InChI is InChI=1S/C6H5AsClNO2S/c7-5-2-1-4(3-6(5)8)12(9,10)11/h1-3H,(H2,9,10,11). The Labute approximate surface area is 84.5 Å². The molecular formula is C6H5AsClNO2S. The molecule has 0 aliphatic heterocycles. The first kappa shape index (κ1) is 10.1. The molecule has 6 heteroatoms. The first-order valence-corrected chi connectivity index (χ1v) is 5.79. The van der Waals surface area contributed by atoms with Gasteiger partial charge in [0.25, 0.3) is 0 Å². The summed E-state index contributed by atoms with van der Waals surface area (Å²) in [6, 6.07) is 4.32. The summed E-state index contributed by atoms with van der Waals surface area (Å²) >= 11 is 7.92. The number of rotatable bonds is 1. The summed E-state index contributed by atoms with van der Waals surface area (Å²) in [5.41, 5.74) is 0. The maximum absolute atomic E-state index is 10.8. The Hall–Kier alpha value is -0.0216. The number of hydrogen-bond acceptors (Lipinski definition) is 2. The van der Waals surface area contributed by atoms with Gasteiger partial charge in [-0.2, -0.15) is 0 Å². The van der Waals surface area contributed by atoms with Gasteiger partial charge in [-0.25, -0.2) is 0 Å². The summed E-state index contributed by atoms with van der Waals surface area (Å²) in [5.74, 6) is 0. The van der Waals surface area contributed by atoms with Crippen LogP contribution in [-0.4, -0.2) is 25.3 Å². The first-order chi connectivity index (χ1) is 5.41. The Morgan fingerprint density at radius 3 is 2.42 bits per heavy atom. The number of halogens is 1. The van der Waals surface area contributed by atoms with Gasteiger partial charge in [0.1, 0.15) is 0 Å². The van der Waals surface area contributed by atoms with Crippen molar-refractivity contribution in [2.45, 2.75) is 4.90 Å². The summed E-state index contributed by atoms with van der Waals surface area (Å²) in [7, 11) is -3.63. The number of nitrogens with two attached hydrogens (primary N) is 1. The van der Waals surface area contributed by atoms with Crippen molar-refractivity contribution in [3.63, 3.8) is 0 Å². The molecule has 2 radical (unpaired) electrons. The van der Waals surface area contributed by atoms with Crippen molar-refractivity contribution >= 4 is 42.8 Å². The second-order valence-electron chi connectivity index (χ2n) is 2.16. The third kappa shape index (κ3) is 2.23. The van der Waals surface area contributed by atoms with Gasteiger partial charge < -0.3 is 0 Å². The molecule has 1 aromatic rings. The van der Waals surface area contributed by atoms with Gasteiger partial charge in [-0.1, -0.05) is 0 Å². The monoisotopic (exact) mass is 265 g/mol. The van der Waals surface area contributed by atoms with Crippen LogP contribution < -0.4 is 9.49 Å². The van der Waals surface area contributed by atoms with Gasteiger partial charge in [-0.15, -0.1) is 0 Å². The van der Waals surface area contributed by atoms with E-state index < -0.39 is 10.0 Å². The van der Waals surface area contributed by atoms with Crippen LogP contribution in [0.5, 0.6) is 0 Å². The van der Waals surface area contributed by atoms with E-state index in [1.807, 2.05) is 0 Å². The van der Waals surface area contributed by atoms with Crippen LogP contribution >= 0.6 is 11.6 Å². The Kier molecular flexibility index (Phi) is 2.84. The van der Waals surface area contributed by atoms with Gasteiger partial charge in [0, 0.05) is 0 Å². The number of hydrogen-bond donors (Lipinski definition) is 1. The van der Waals surface area contributed by atoms with Crippen LogP contribution in [0, 0.1) is 0 Å². The van der Waals surface area contributed by atoms with Gasteiger partial charge in [0.15, 0.2) is 0 Å².